The monoisotopic (exact) mass is 810 g/mol. The Labute approximate surface area is 371 Å². The highest BCUT2D eigenvalue weighted by Crippen LogP contribution is 2.66. The lowest BCUT2D eigenvalue weighted by molar-refractivity contribution is 0.748. The van der Waals surface area contributed by atoms with Crippen LogP contribution in [0.3, 0.4) is 0 Å². The van der Waals surface area contributed by atoms with Gasteiger partial charge >= 0.3 is 0 Å². The van der Waals surface area contributed by atoms with Gasteiger partial charge in [-0.05, 0) is 115 Å². The molecule has 1 aromatic heterocycles. The first-order valence-electron chi connectivity index (χ1n) is 22.4. The van der Waals surface area contributed by atoms with Crippen LogP contribution in [0.1, 0.15) is 44.5 Å². The predicted molar refractivity (Wildman–Crippen MR) is 263 cm³/mol. The van der Waals surface area contributed by atoms with E-state index < -0.39 is 10.8 Å². The van der Waals surface area contributed by atoms with Crippen molar-refractivity contribution in [3.05, 3.63) is 275 Å². The van der Waals surface area contributed by atoms with Crippen molar-refractivity contribution in [1.29, 1.82) is 0 Å². The number of rotatable bonds is 3. The summed E-state index contributed by atoms with van der Waals surface area (Å²) in [6, 6.07) is 86.9. The molecule has 0 bridgehead atoms. The number of aromatic nitrogens is 1. The Morgan fingerprint density at radius 2 is 0.812 bits per heavy atom. The minimum atomic E-state index is -0.514. The van der Waals surface area contributed by atoms with Crippen LogP contribution in [-0.4, -0.2) is 4.57 Å². The zero-order valence-electron chi connectivity index (χ0n) is 34.8. The molecule has 0 saturated carbocycles. The van der Waals surface area contributed by atoms with Crippen molar-refractivity contribution < 1.29 is 0 Å². The van der Waals surface area contributed by atoms with Crippen LogP contribution < -0.4 is 4.90 Å². The van der Waals surface area contributed by atoms with Gasteiger partial charge in [-0.1, -0.05) is 188 Å². The van der Waals surface area contributed by atoms with Crippen LogP contribution in [0.5, 0.6) is 0 Å². The van der Waals surface area contributed by atoms with Crippen molar-refractivity contribution in [2.75, 3.05) is 4.90 Å². The second-order valence-electron chi connectivity index (χ2n) is 17.9. The van der Waals surface area contributed by atoms with E-state index in [0.717, 1.165) is 11.4 Å². The van der Waals surface area contributed by atoms with Gasteiger partial charge in [0.1, 0.15) is 0 Å². The van der Waals surface area contributed by atoms with Crippen LogP contribution in [-0.2, 0) is 10.8 Å². The number of anilines is 3. The fraction of sp³-hybridized carbons (Fsp3) is 0.0323. The van der Waals surface area contributed by atoms with E-state index in [1.807, 2.05) is 0 Å². The Kier molecular flexibility index (Phi) is 6.58. The SMILES string of the molecule is c1ccc(N(c2ccc3c(c2)-c2ccccc2C32c3ccccc3-n3c4ccccc4c4cccc2c43)c2cccc3c2C2(c4ccccc4-c4ccccc42)c2ccccc2-3)cc1. The van der Waals surface area contributed by atoms with Crippen molar-refractivity contribution in [1.82, 2.24) is 4.57 Å². The minimum absolute atomic E-state index is 0.501. The number of hydrogen-bond donors (Lipinski definition) is 0. The molecular formula is C62H38N2. The average Bonchev–Trinajstić information content (AvgIpc) is 4.06. The first-order chi connectivity index (χ1) is 31.8. The normalized spacial score (nSPS) is 16.0. The zero-order chi connectivity index (χ0) is 41.7. The van der Waals surface area contributed by atoms with Crippen LogP contribution in [0.25, 0.3) is 60.9 Å². The number of benzene rings is 10. The van der Waals surface area contributed by atoms with E-state index in [9.17, 15) is 0 Å². The summed E-state index contributed by atoms with van der Waals surface area (Å²) >= 11 is 0. The molecule has 15 rings (SSSR count). The fourth-order valence-electron chi connectivity index (χ4n) is 13.0. The smallest absolute Gasteiger partial charge is 0.0754 e. The van der Waals surface area contributed by atoms with E-state index >= 15 is 0 Å². The lowest BCUT2D eigenvalue weighted by Crippen LogP contribution is -2.33. The van der Waals surface area contributed by atoms with E-state index in [2.05, 4.69) is 240 Å². The minimum Gasteiger partial charge on any atom is -0.310 e. The zero-order valence-corrected chi connectivity index (χ0v) is 34.8. The van der Waals surface area contributed by atoms with Gasteiger partial charge in [0.2, 0.25) is 0 Å². The third kappa shape index (κ3) is 3.95. The summed E-state index contributed by atoms with van der Waals surface area (Å²) in [5.74, 6) is 0. The molecule has 2 nitrogen and oxygen atoms in total. The molecule has 10 aromatic carbocycles. The van der Waals surface area contributed by atoms with Crippen molar-refractivity contribution in [3.8, 4) is 39.1 Å². The van der Waals surface area contributed by atoms with E-state index in [-0.39, 0.29) is 0 Å². The molecule has 0 radical (unpaired) electrons. The molecule has 0 fully saturated rings. The van der Waals surface area contributed by atoms with Gasteiger partial charge in [-0.15, -0.1) is 0 Å². The van der Waals surface area contributed by atoms with Crippen molar-refractivity contribution in [2.24, 2.45) is 0 Å². The van der Waals surface area contributed by atoms with Crippen LogP contribution in [0.2, 0.25) is 0 Å². The molecule has 1 unspecified atom stereocenters. The Hall–Kier alpha value is -8.20. The largest absolute Gasteiger partial charge is 0.310 e. The Morgan fingerprint density at radius 3 is 1.53 bits per heavy atom. The van der Waals surface area contributed by atoms with Gasteiger partial charge in [-0.2, -0.15) is 0 Å². The molecular weight excluding hydrogens is 773 g/mol. The Balaban J connectivity index is 1.03. The molecule has 3 aliphatic carbocycles. The summed E-state index contributed by atoms with van der Waals surface area (Å²) in [6.07, 6.45) is 0. The standard InChI is InChI=1S/C62H38N2/c1-2-18-39(19-3-1)63(58-35-17-25-46-43-22-6-12-30-52(43)62(59(46)58)50-28-10-4-20-41(50)42-21-5-11-29-51(42)62)40-36-37-53-48(38-40)44-23-7-9-27-49(44)61(53)54-31-13-15-34-57(54)64-56-33-14-8-24-45(56)47-26-16-32-55(61)60(47)64/h1-38H. The highest BCUT2D eigenvalue weighted by Gasteiger charge is 2.54. The maximum Gasteiger partial charge on any atom is 0.0754 e. The van der Waals surface area contributed by atoms with Gasteiger partial charge in [0.25, 0.3) is 0 Å². The highest BCUT2D eigenvalue weighted by molar-refractivity contribution is 6.13. The summed E-state index contributed by atoms with van der Waals surface area (Å²) in [4.78, 5) is 2.54. The predicted octanol–water partition coefficient (Wildman–Crippen LogP) is 15.3. The van der Waals surface area contributed by atoms with Crippen LogP contribution in [0, 0.1) is 0 Å². The molecule has 296 valence electrons. The molecule has 0 saturated heterocycles. The van der Waals surface area contributed by atoms with Gasteiger partial charge in [-0.25, -0.2) is 0 Å². The molecule has 1 aliphatic heterocycles. The molecule has 0 amide bonds. The average molecular weight is 811 g/mol. The quantitative estimate of drug-likeness (QED) is 0.173. The first-order valence-corrected chi connectivity index (χ1v) is 22.4. The molecule has 2 heterocycles. The second kappa shape index (κ2) is 12.2. The van der Waals surface area contributed by atoms with Crippen LogP contribution in [0.15, 0.2) is 231 Å². The Bertz CT molecular complexity index is 3750. The number of hydrogen-bond acceptors (Lipinski definition) is 1. The van der Waals surface area contributed by atoms with Gasteiger partial charge in [0, 0.05) is 27.7 Å². The van der Waals surface area contributed by atoms with E-state index in [0.29, 0.717) is 0 Å². The molecule has 2 spiro atoms. The fourth-order valence-corrected chi connectivity index (χ4v) is 13.0. The molecule has 0 N–H and O–H groups in total. The third-order valence-electron chi connectivity index (χ3n) is 15.2. The second-order valence-corrected chi connectivity index (χ2v) is 17.9. The molecule has 11 aromatic rings. The molecule has 2 heteroatoms. The number of nitrogens with zero attached hydrogens (tertiary/aromatic N) is 2. The highest BCUT2D eigenvalue weighted by atomic mass is 15.1. The summed E-state index contributed by atoms with van der Waals surface area (Å²) in [5, 5.41) is 2.58. The number of fused-ring (bicyclic) bond motifs is 22. The van der Waals surface area contributed by atoms with E-state index in [1.54, 1.807) is 0 Å². The first kappa shape index (κ1) is 34.4. The molecule has 64 heavy (non-hydrogen) atoms. The Morgan fingerprint density at radius 1 is 0.312 bits per heavy atom. The van der Waals surface area contributed by atoms with Gasteiger partial charge < -0.3 is 9.47 Å². The van der Waals surface area contributed by atoms with E-state index in [1.165, 1.54) is 111 Å². The summed E-state index contributed by atoms with van der Waals surface area (Å²) in [6.45, 7) is 0. The lowest BCUT2D eigenvalue weighted by Gasteiger charge is -2.39. The van der Waals surface area contributed by atoms with Crippen molar-refractivity contribution in [3.63, 3.8) is 0 Å². The van der Waals surface area contributed by atoms with E-state index in [4.69, 9.17) is 0 Å². The summed E-state index contributed by atoms with van der Waals surface area (Å²) in [5.41, 5.74) is 24.6. The number of para-hydroxylation sites is 4. The molecule has 1 atom stereocenters. The van der Waals surface area contributed by atoms with Gasteiger partial charge in [-0.3, -0.25) is 0 Å². The van der Waals surface area contributed by atoms with Crippen molar-refractivity contribution in [2.45, 2.75) is 10.8 Å². The van der Waals surface area contributed by atoms with Gasteiger partial charge in [0.05, 0.1) is 33.2 Å². The van der Waals surface area contributed by atoms with Crippen LogP contribution >= 0.6 is 0 Å². The molecule has 4 aliphatic rings. The maximum atomic E-state index is 2.54. The van der Waals surface area contributed by atoms with Crippen LogP contribution in [0.4, 0.5) is 17.1 Å². The maximum absolute atomic E-state index is 2.54. The lowest BCUT2D eigenvalue weighted by atomic mass is 9.65. The summed E-state index contributed by atoms with van der Waals surface area (Å²) < 4.78 is 2.52. The van der Waals surface area contributed by atoms with Gasteiger partial charge in [0.15, 0.2) is 0 Å². The third-order valence-corrected chi connectivity index (χ3v) is 15.2. The summed E-state index contributed by atoms with van der Waals surface area (Å²) in [7, 11) is 0. The van der Waals surface area contributed by atoms with Crippen molar-refractivity contribution >= 4 is 38.9 Å². The topological polar surface area (TPSA) is 8.17 Å².